The summed E-state index contributed by atoms with van der Waals surface area (Å²) in [4.78, 5) is 15.2. The van der Waals surface area contributed by atoms with Crippen molar-refractivity contribution in [2.24, 2.45) is 22.5 Å². The molecule has 1 aliphatic heterocycles. The first-order valence-corrected chi connectivity index (χ1v) is 16.9. The molecule has 3 fully saturated rings. The normalized spacial score (nSPS) is 28.8. The van der Waals surface area contributed by atoms with Crippen LogP contribution in [0.15, 0.2) is 24.3 Å². The molecule has 11 heteroatoms. The van der Waals surface area contributed by atoms with Crippen LogP contribution in [0.3, 0.4) is 0 Å². The molecule has 2 bridgehead atoms. The minimum atomic E-state index is -3.57. The Hall–Kier alpha value is -1.69. The molecule has 0 aromatic heterocycles. The van der Waals surface area contributed by atoms with Gasteiger partial charge in [0.25, 0.3) is 0 Å². The van der Waals surface area contributed by atoms with E-state index in [1.807, 2.05) is 12.1 Å². The first kappa shape index (κ1) is 28.3. The number of piperazine rings is 1. The number of nitrogens with zero attached hydrogens (tertiary/aromatic N) is 2. The summed E-state index contributed by atoms with van der Waals surface area (Å²) >= 11 is 0. The van der Waals surface area contributed by atoms with Crippen molar-refractivity contribution in [2.45, 2.75) is 58.5 Å². The number of carbonyl (C=O) groups excluding carboxylic acids is 1. The van der Waals surface area contributed by atoms with Crippen LogP contribution in [0.5, 0.6) is 0 Å². The SMILES string of the molecule is Cc1ccccc1N1CCN(S(=O)(=O)CC23CCC(CC2NC(=O)[C@@H](N)CCS(C)(=O)=O)C3(C)C)CC1. The lowest BCUT2D eigenvalue weighted by Crippen LogP contribution is -2.57. The van der Waals surface area contributed by atoms with Gasteiger partial charge in [0.05, 0.1) is 17.5 Å². The van der Waals surface area contributed by atoms with E-state index in [2.05, 4.69) is 43.1 Å². The van der Waals surface area contributed by atoms with Crippen LogP contribution in [0.25, 0.3) is 0 Å². The van der Waals surface area contributed by atoms with E-state index < -0.39 is 37.2 Å². The van der Waals surface area contributed by atoms with Crippen molar-refractivity contribution in [3.63, 3.8) is 0 Å². The molecule has 1 heterocycles. The van der Waals surface area contributed by atoms with Crippen molar-refractivity contribution >= 4 is 31.5 Å². The van der Waals surface area contributed by atoms with Gasteiger partial charge in [-0.2, -0.15) is 4.31 Å². The minimum Gasteiger partial charge on any atom is -0.369 e. The maximum Gasteiger partial charge on any atom is 0.237 e. The predicted molar refractivity (Wildman–Crippen MR) is 147 cm³/mol. The third kappa shape index (κ3) is 5.55. The summed E-state index contributed by atoms with van der Waals surface area (Å²) in [6, 6.07) is 6.90. The highest BCUT2D eigenvalue weighted by Crippen LogP contribution is 2.66. The molecule has 0 spiro atoms. The second-order valence-electron chi connectivity index (χ2n) is 11.9. The van der Waals surface area contributed by atoms with Gasteiger partial charge >= 0.3 is 0 Å². The molecule has 1 aromatic rings. The van der Waals surface area contributed by atoms with E-state index in [0.29, 0.717) is 38.5 Å². The molecule has 0 radical (unpaired) electrons. The Balaban J connectivity index is 1.46. The highest BCUT2D eigenvalue weighted by Gasteiger charge is 2.65. The molecule has 1 amide bonds. The molecule has 9 nitrogen and oxygen atoms in total. The number of hydrogen-bond acceptors (Lipinski definition) is 7. The fourth-order valence-electron chi connectivity index (χ4n) is 6.92. The topological polar surface area (TPSA) is 130 Å². The zero-order valence-corrected chi connectivity index (χ0v) is 24.1. The average molecular weight is 555 g/mol. The van der Waals surface area contributed by atoms with E-state index in [0.717, 1.165) is 24.8 Å². The fraction of sp³-hybridized carbons (Fsp3) is 0.731. The number of benzene rings is 1. The van der Waals surface area contributed by atoms with Crippen molar-refractivity contribution in [3.8, 4) is 0 Å². The number of carbonyl (C=O) groups is 1. The number of sulfone groups is 1. The van der Waals surface area contributed by atoms with Gasteiger partial charge in [-0.1, -0.05) is 32.0 Å². The number of hydrogen-bond donors (Lipinski definition) is 2. The summed E-state index contributed by atoms with van der Waals surface area (Å²) in [5, 5.41) is 3.05. The van der Waals surface area contributed by atoms with Crippen molar-refractivity contribution in [1.29, 1.82) is 0 Å². The van der Waals surface area contributed by atoms with Gasteiger partial charge in [-0.3, -0.25) is 4.79 Å². The lowest BCUT2D eigenvalue weighted by atomic mass is 9.69. The van der Waals surface area contributed by atoms with Gasteiger partial charge in [0.15, 0.2) is 0 Å². The maximum atomic E-state index is 13.8. The molecule has 3 N–H and O–H groups in total. The standard InChI is InChI=1S/C26H42N4O5S2/c1-19-7-5-6-8-22(19)29-12-14-30(15-13-29)37(34,35)18-26-11-9-20(25(26,2)3)17-23(26)28-24(31)21(27)10-16-36(4,32)33/h5-8,20-21,23H,9-18,27H2,1-4H3,(H,28,31)/t20?,21-,23?,26?/m0/s1. The Bertz CT molecular complexity index is 1230. The molecule has 3 aliphatic rings. The number of rotatable bonds is 9. The molecule has 4 atom stereocenters. The van der Waals surface area contributed by atoms with E-state index in [-0.39, 0.29) is 29.4 Å². The van der Waals surface area contributed by atoms with Crippen molar-refractivity contribution < 1.29 is 21.6 Å². The Morgan fingerprint density at radius 3 is 2.38 bits per heavy atom. The monoisotopic (exact) mass is 554 g/mol. The minimum absolute atomic E-state index is 0.00259. The molecular formula is C26H42N4O5S2. The smallest absolute Gasteiger partial charge is 0.237 e. The van der Waals surface area contributed by atoms with Crippen LogP contribution in [0, 0.1) is 23.7 Å². The molecule has 208 valence electrons. The zero-order valence-electron chi connectivity index (χ0n) is 22.4. The quantitative estimate of drug-likeness (QED) is 0.473. The van der Waals surface area contributed by atoms with E-state index in [9.17, 15) is 21.6 Å². The van der Waals surface area contributed by atoms with Gasteiger partial charge in [0.1, 0.15) is 9.84 Å². The molecule has 37 heavy (non-hydrogen) atoms. The van der Waals surface area contributed by atoms with Crippen LogP contribution in [-0.4, -0.2) is 83.1 Å². The number of anilines is 1. The number of para-hydroxylation sites is 1. The number of amides is 1. The molecule has 4 rings (SSSR count). The van der Waals surface area contributed by atoms with E-state index in [1.165, 1.54) is 5.56 Å². The second kappa shape index (κ2) is 10.1. The first-order valence-electron chi connectivity index (χ1n) is 13.2. The largest absolute Gasteiger partial charge is 0.369 e. The zero-order chi connectivity index (χ0) is 27.2. The summed E-state index contributed by atoms with van der Waals surface area (Å²) < 4.78 is 52.2. The Labute approximate surface area is 222 Å². The lowest BCUT2D eigenvalue weighted by Gasteiger charge is -2.44. The van der Waals surface area contributed by atoms with Gasteiger partial charge in [-0.25, -0.2) is 16.8 Å². The Morgan fingerprint density at radius 2 is 1.78 bits per heavy atom. The Kier molecular flexibility index (Phi) is 7.75. The Morgan fingerprint density at radius 1 is 1.14 bits per heavy atom. The van der Waals surface area contributed by atoms with Gasteiger partial charge in [0, 0.05) is 49.6 Å². The van der Waals surface area contributed by atoms with Gasteiger partial charge < -0.3 is 16.0 Å². The van der Waals surface area contributed by atoms with Crippen molar-refractivity contribution in [3.05, 3.63) is 29.8 Å². The van der Waals surface area contributed by atoms with Crippen LogP contribution in [-0.2, 0) is 24.7 Å². The third-order valence-electron chi connectivity index (χ3n) is 9.41. The van der Waals surface area contributed by atoms with Crippen molar-refractivity contribution in [1.82, 2.24) is 9.62 Å². The molecular weight excluding hydrogens is 512 g/mol. The number of nitrogens with two attached hydrogens (primary N) is 1. The molecule has 3 unspecified atom stereocenters. The number of nitrogens with one attached hydrogen (secondary N) is 1. The van der Waals surface area contributed by atoms with E-state index in [4.69, 9.17) is 5.73 Å². The second-order valence-corrected chi connectivity index (χ2v) is 16.1. The lowest BCUT2D eigenvalue weighted by molar-refractivity contribution is -0.124. The van der Waals surface area contributed by atoms with Crippen LogP contribution >= 0.6 is 0 Å². The highest BCUT2D eigenvalue weighted by molar-refractivity contribution is 7.90. The number of sulfonamides is 1. The van der Waals surface area contributed by atoms with Gasteiger partial charge in [-0.15, -0.1) is 0 Å². The van der Waals surface area contributed by atoms with Crippen molar-refractivity contribution in [2.75, 3.05) is 48.8 Å². The predicted octanol–water partition coefficient (Wildman–Crippen LogP) is 1.52. The van der Waals surface area contributed by atoms with Crippen LogP contribution in [0.2, 0.25) is 0 Å². The molecule has 2 saturated carbocycles. The molecule has 1 saturated heterocycles. The van der Waals surface area contributed by atoms with Gasteiger partial charge in [-0.05, 0) is 55.6 Å². The maximum absolute atomic E-state index is 13.8. The summed E-state index contributed by atoms with van der Waals surface area (Å²) in [5.41, 5.74) is 7.50. The fourth-order valence-corrected chi connectivity index (χ4v) is 9.87. The van der Waals surface area contributed by atoms with E-state index >= 15 is 0 Å². The summed E-state index contributed by atoms with van der Waals surface area (Å²) in [6.07, 6.45) is 3.55. The highest BCUT2D eigenvalue weighted by atomic mass is 32.2. The molecule has 1 aromatic carbocycles. The average Bonchev–Trinajstić information content (AvgIpc) is 3.17. The summed E-state index contributed by atoms with van der Waals surface area (Å²) in [5.74, 6) is -0.245. The van der Waals surface area contributed by atoms with Crippen LogP contribution in [0.4, 0.5) is 5.69 Å². The van der Waals surface area contributed by atoms with Crippen LogP contribution < -0.4 is 16.0 Å². The van der Waals surface area contributed by atoms with E-state index in [1.54, 1.807) is 4.31 Å². The number of aryl methyl sites for hydroxylation is 1. The molecule has 2 aliphatic carbocycles. The first-order chi connectivity index (χ1) is 17.2. The number of fused-ring (bicyclic) bond motifs is 2. The van der Waals surface area contributed by atoms with Gasteiger partial charge in [0.2, 0.25) is 15.9 Å². The summed E-state index contributed by atoms with van der Waals surface area (Å²) in [7, 11) is -6.80. The summed E-state index contributed by atoms with van der Waals surface area (Å²) in [6.45, 7) is 8.47. The van der Waals surface area contributed by atoms with Crippen LogP contribution in [0.1, 0.15) is 45.1 Å². The third-order valence-corrected chi connectivity index (χ3v) is 12.4.